The summed E-state index contributed by atoms with van der Waals surface area (Å²) in [5.41, 5.74) is 2.76. The largest absolute Gasteiger partial charge is 0.269 e. The van der Waals surface area contributed by atoms with Crippen LogP contribution in [0.3, 0.4) is 0 Å². The second-order valence-electron chi connectivity index (χ2n) is 4.24. The summed E-state index contributed by atoms with van der Waals surface area (Å²) < 4.78 is 0. The molecule has 2 nitrogen and oxygen atoms in total. The van der Waals surface area contributed by atoms with Gasteiger partial charge in [-0.3, -0.25) is 5.84 Å². The Morgan fingerprint density at radius 2 is 2.00 bits per heavy atom. The minimum Gasteiger partial charge on any atom is -0.269 e. The number of nitrogens with two attached hydrogens (primary N) is 1. The first-order valence-electron chi connectivity index (χ1n) is 5.32. The van der Waals surface area contributed by atoms with Crippen molar-refractivity contribution < 1.29 is 0 Å². The lowest BCUT2D eigenvalue weighted by Crippen LogP contribution is -2.39. The number of hydrazine groups is 1. The van der Waals surface area contributed by atoms with Gasteiger partial charge in [-0.05, 0) is 31.2 Å². The average Bonchev–Trinajstić information content (AvgIpc) is 2.19. The molecule has 2 heteroatoms. The van der Waals surface area contributed by atoms with E-state index in [0.29, 0.717) is 5.92 Å². The van der Waals surface area contributed by atoms with Crippen LogP contribution >= 0.6 is 0 Å². The summed E-state index contributed by atoms with van der Waals surface area (Å²) in [5.74, 6) is 6.46. The van der Waals surface area contributed by atoms with Gasteiger partial charge >= 0.3 is 0 Å². The molecule has 2 N–H and O–H groups in total. The molecule has 1 saturated heterocycles. The van der Waals surface area contributed by atoms with Gasteiger partial charge in [0, 0.05) is 13.1 Å². The van der Waals surface area contributed by atoms with Gasteiger partial charge in [0.15, 0.2) is 0 Å². The summed E-state index contributed by atoms with van der Waals surface area (Å²) in [6.45, 7) is 4.17. The van der Waals surface area contributed by atoms with E-state index in [4.69, 9.17) is 5.84 Å². The van der Waals surface area contributed by atoms with E-state index < -0.39 is 0 Å². The summed E-state index contributed by atoms with van der Waals surface area (Å²) in [5, 5.41) is 1.94. The molecule has 1 atom stereocenters. The summed E-state index contributed by atoms with van der Waals surface area (Å²) >= 11 is 0. The maximum atomic E-state index is 5.83. The van der Waals surface area contributed by atoms with E-state index in [-0.39, 0.29) is 0 Å². The minimum absolute atomic E-state index is 0.634. The van der Waals surface area contributed by atoms with Crippen molar-refractivity contribution in [3.8, 4) is 0 Å². The first-order chi connectivity index (χ1) is 6.75. The molecule has 0 bridgehead atoms. The van der Waals surface area contributed by atoms with Crippen LogP contribution in [0.1, 0.15) is 29.9 Å². The third kappa shape index (κ3) is 2.14. The van der Waals surface area contributed by atoms with E-state index >= 15 is 0 Å². The Kier molecular flexibility index (Phi) is 2.85. The van der Waals surface area contributed by atoms with Crippen molar-refractivity contribution >= 4 is 0 Å². The molecule has 0 saturated carbocycles. The fourth-order valence-electron chi connectivity index (χ4n) is 2.12. The summed E-state index contributed by atoms with van der Waals surface area (Å²) in [7, 11) is 0. The molecule has 1 aliphatic heterocycles. The lowest BCUT2D eigenvalue weighted by molar-refractivity contribution is 0.213. The molecule has 1 unspecified atom stereocenters. The van der Waals surface area contributed by atoms with E-state index in [1.54, 1.807) is 0 Å². The molecule has 1 aromatic carbocycles. The van der Waals surface area contributed by atoms with Gasteiger partial charge in [0.1, 0.15) is 0 Å². The Morgan fingerprint density at radius 1 is 1.29 bits per heavy atom. The maximum absolute atomic E-state index is 5.83. The number of hydrogen-bond acceptors (Lipinski definition) is 2. The van der Waals surface area contributed by atoms with Crippen LogP contribution in [0.4, 0.5) is 0 Å². The molecule has 0 aliphatic carbocycles. The first-order valence-corrected chi connectivity index (χ1v) is 5.32. The van der Waals surface area contributed by atoms with Crippen LogP contribution in [-0.2, 0) is 0 Å². The van der Waals surface area contributed by atoms with Gasteiger partial charge in [0.25, 0.3) is 0 Å². The van der Waals surface area contributed by atoms with Crippen LogP contribution in [0.5, 0.6) is 0 Å². The van der Waals surface area contributed by atoms with E-state index in [1.165, 1.54) is 24.0 Å². The fourth-order valence-corrected chi connectivity index (χ4v) is 2.12. The van der Waals surface area contributed by atoms with Crippen molar-refractivity contribution in [1.29, 1.82) is 0 Å². The average molecular weight is 190 g/mol. The summed E-state index contributed by atoms with van der Waals surface area (Å²) in [6.07, 6.45) is 2.49. The van der Waals surface area contributed by atoms with Crippen molar-refractivity contribution in [2.24, 2.45) is 5.84 Å². The van der Waals surface area contributed by atoms with Gasteiger partial charge in [-0.25, -0.2) is 5.01 Å². The molecule has 0 aromatic heterocycles. The maximum Gasteiger partial charge on any atom is 0.0197 e. The van der Waals surface area contributed by atoms with E-state index in [2.05, 4.69) is 31.2 Å². The van der Waals surface area contributed by atoms with E-state index in [0.717, 1.165) is 13.1 Å². The summed E-state index contributed by atoms with van der Waals surface area (Å²) in [6, 6.07) is 8.84. The zero-order valence-electron chi connectivity index (χ0n) is 8.74. The van der Waals surface area contributed by atoms with E-state index in [9.17, 15) is 0 Å². The van der Waals surface area contributed by atoms with Gasteiger partial charge in [-0.15, -0.1) is 0 Å². The molecule has 1 heterocycles. The molecule has 0 spiro atoms. The van der Waals surface area contributed by atoms with Crippen LogP contribution < -0.4 is 5.84 Å². The highest BCUT2D eigenvalue weighted by molar-refractivity contribution is 5.25. The molecule has 0 amide bonds. The van der Waals surface area contributed by atoms with Crippen LogP contribution in [0, 0.1) is 6.92 Å². The Bertz CT molecular complexity index is 292. The second-order valence-corrected chi connectivity index (χ2v) is 4.24. The number of aryl methyl sites for hydroxylation is 1. The molecular formula is C12H18N2. The normalized spacial score (nSPS) is 23.7. The Morgan fingerprint density at radius 3 is 2.64 bits per heavy atom. The van der Waals surface area contributed by atoms with Crippen LogP contribution in [0.15, 0.2) is 24.3 Å². The number of nitrogens with zero attached hydrogens (tertiary/aromatic N) is 1. The smallest absolute Gasteiger partial charge is 0.0197 e. The quantitative estimate of drug-likeness (QED) is 0.687. The van der Waals surface area contributed by atoms with Gasteiger partial charge in [-0.1, -0.05) is 29.8 Å². The second kappa shape index (κ2) is 4.11. The molecule has 0 radical (unpaired) electrons. The number of piperidine rings is 1. The van der Waals surface area contributed by atoms with Crippen molar-refractivity contribution in [3.63, 3.8) is 0 Å². The molecule has 1 aliphatic rings. The fraction of sp³-hybridized carbons (Fsp3) is 0.500. The van der Waals surface area contributed by atoms with Crippen LogP contribution in [0.2, 0.25) is 0 Å². The van der Waals surface area contributed by atoms with Gasteiger partial charge in [-0.2, -0.15) is 0 Å². The first kappa shape index (κ1) is 9.69. The molecule has 2 rings (SSSR count). The van der Waals surface area contributed by atoms with Gasteiger partial charge < -0.3 is 0 Å². The third-order valence-corrected chi connectivity index (χ3v) is 3.00. The third-order valence-electron chi connectivity index (χ3n) is 3.00. The number of rotatable bonds is 1. The van der Waals surface area contributed by atoms with Crippen LogP contribution in [-0.4, -0.2) is 18.1 Å². The lowest BCUT2D eigenvalue weighted by atomic mass is 9.91. The number of hydrogen-bond donors (Lipinski definition) is 1. The topological polar surface area (TPSA) is 29.3 Å². The number of benzene rings is 1. The molecule has 14 heavy (non-hydrogen) atoms. The zero-order valence-corrected chi connectivity index (χ0v) is 8.74. The molecule has 76 valence electrons. The minimum atomic E-state index is 0.634. The summed E-state index contributed by atoms with van der Waals surface area (Å²) in [4.78, 5) is 0. The van der Waals surface area contributed by atoms with Gasteiger partial charge in [0.2, 0.25) is 0 Å². The zero-order chi connectivity index (χ0) is 9.97. The standard InChI is InChI=1S/C12H18N2/c1-10-4-6-11(7-5-10)12-3-2-8-14(13)9-12/h4-7,12H,2-3,8-9,13H2,1H3. The Hall–Kier alpha value is -0.860. The van der Waals surface area contributed by atoms with E-state index in [1.807, 2.05) is 5.01 Å². The monoisotopic (exact) mass is 190 g/mol. The van der Waals surface area contributed by atoms with Crippen molar-refractivity contribution in [3.05, 3.63) is 35.4 Å². The Balaban J connectivity index is 2.10. The lowest BCUT2D eigenvalue weighted by Gasteiger charge is -2.29. The predicted molar refractivity (Wildman–Crippen MR) is 58.9 cm³/mol. The molecule has 1 fully saturated rings. The Labute approximate surface area is 85.7 Å². The highest BCUT2D eigenvalue weighted by Crippen LogP contribution is 2.25. The molecular weight excluding hydrogens is 172 g/mol. The highest BCUT2D eigenvalue weighted by Gasteiger charge is 2.18. The van der Waals surface area contributed by atoms with Crippen LogP contribution in [0.25, 0.3) is 0 Å². The van der Waals surface area contributed by atoms with Gasteiger partial charge in [0.05, 0.1) is 0 Å². The van der Waals surface area contributed by atoms with Crippen molar-refractivity contribution in [1.82, 2.24) is 5.01 Å². The van der Waals surface area contributed by atoms with Crippen molar-refractivity contribution in [2.45, 2.75) is 25.7 Å². The SMILES string of the molecule is Cc1ccc(C2CCCN(N)C2)cc1. The highest BCUT2D eigenvalue weighted by atomic mass is 15.4. The predicted octanol–water partition coefficient (Wildman–Crippen LogP) is 2.05. The molecule has 1 aromatic rings. The van der Waals surface area contributed by atoms with Crippen molar-refractivity contribution in [2.75, 3.05) is 13.1 Å².